The molecule has 6 heteroatoms. The van der Waals surface area contributed by atoms with E-state index in [1.165, 1.54) is 6.33 Å². The zero-order valence-electron chi connectivity index (χ0n) is 10.5. The maximum atomic E-state index is 10.2. The standard InChI is InChI=1S/C13H16N4O2/c14-12-11-3-4-17(13(11)16-7-15-12)10-2-1-9(5-10)6-19-8-18/h3-4,7-10H,1-2,5-6H2,(H2,14,15,16). The SMILES string of the molecule is Nc1ncnc2c1ccn2C1CCC(COC=O)C1. The summed E-state index contributed by atoms with van der Waals surface area (Å²) in [7, 11) is 0. The van der Waals surface area contributed by atoms with Crippen LogP contribution in [0.3, 0.4) is 0 Å². The molecular weight excluding hydrogens is 244 g/mol. The van der Waals surface area contributed by atoms with E-state index in [1.54, 1.807) is 0 Å². The van der Waals surface area contributed by atoms with E-state index in [0.29, 0.717) is 30.9 Å². The van der Waals surface area contributed by atoms with Crippen LogP contribution in [0.2, 0.25) is 0 Å². The molecule has 0 radical (unpaired) electrons. The molecule has 3 rings (SSSR count). The van der Waals surface area contributed by atoms with Crippen molar-refractivity contribution in [1.29, 1.82) is 0 Å². The van der Waals surface area contributed by atoms with Gasteiger partial charge in [0.15, 0.2) is 0 Å². The molecule has 2 aromatic heterocycles. The molecule has 2 aromatic rings. The second-order valence-electron chi connectivity index (χ2n) is 4.98. The van der Waals surface area contributed by atoms with E-state index in [4.69, 9.17) is 10.5 Å². The van der Waals surface area contributed by atoms with Crippen molar-refractivity contribution < 1.29 is 9.53 Å². The first-order valence-electron chi connectivity index (χ1n) is 6.42. The van der Waals surface area contributed by atoms with Gasteiger partial charge < -0.3 is 15.0 Å². The number of aromatic nitrogens is 3. The number of nitrogen functional groups attached to an aromatic ring is 1. The summed E-state index contributed by atoms with van der Waals surface area (Å²) in [5.74, 6) is 0.953. The lowest BCUT2D eigenvalue weighted by Crippen LogP contribution is -2.08. The second kappa shape index (κ2) is 4.87. The molecule has 0 spiro atoms. The first-order valence-corrected chi connectivity index (χ1v) is 6.42. The topological polar surface area (TPSA) is 83.0 Å². The molecule has 0 amide bonds. The summed E-state index contributed by atoms with van der Waals surface area (Å²) < 4.78 is 7.02. The highest BCUT2D eigenvalue weighted by Gasteiger charge is 2.27. The average Bonchev–Trinajstić information content (AvgIpc) is 3.02. The van der Waals surface area contributed by atoms with Gasteiger partial charge in [-0.15, -0.1) is 0 Å². The second-order valence-corrected chi connectivity index (χ2v) is 4.98. The zero-order valence-corrected chi connectivity index (χ0v) is 10.5. The van der Waals surface area contributed by atoms with Crippen LogP contribution in [0.4, 0.5) is 5.82 Å². The van der Waals surface area contributed by atoms with Crippen molar-refractivity contribution in [1.82, 2.24) is 14.5 Å². The van der Waals surface area contributed by atoms with E-state index in [1.807, 2.05) is 12.3 Å². The van der Waals surface area contributed by atoms with Crippen molar-refractivity contribution in [2.45, 2.75) is 25.3 Å². The van der Waals surface area contributed by atoms with Gasteiger partial charge in [0, 0.05) is 12.2 Å². The smallest absolute Gasteiger partial charge is 0.293 e. The first kappa shape index (κ1) is 12.0. The fourth-order valence-corrected chi connectivity index (χ4v) is 2.91. The number of rotatable bonds is 4. The summed E-state index contributed by atoms with van der Waals surface area (Å²) in [4.78, 5) is 18.5. The van der Waals surface area contributed by atoms with E-state index in [9.17, 15) is 4.79 Å². The summed E-state index contributed by atoms with van der Waals surface area (Å²) in [6, 6.07) is 2.35. The summed E-state index contributed by atoms with van der Waals surface area (Å²) in [5.41, 5.74) is 6.72. The lowest BCUT2D eigenvalue weighted by molar-refractivity contribution is -0.129. The van der Waals surface area contributed by atoms with Crippen molar-refractivity contribution in [3.05, 3.63) is 18.6 Å². The van der Waals surface area contributed by atoms with Gasteiger partial charge in [0.25, 0.3) is 6.47 Å². The van der Waals surface area contributed by atoms with Crippen LogP contribution in [0.5, 0.6) is 0 Å². The monoisotopic (exact) mass is 260 g/mol. The zero-order chi connectivity index (χ0) is 13.2. The van der Waals surface area contributed by atoms with E-state index >= 15 is 0 Å². The van der Waals surface area contributed by atoms with Gasteiger partial charge in [-0.25, -0.2) is 9.97 Å². The fourth-order valence-electron chi connectivity index (χ4n) is 2.91. The molecule has 2 atom stereocenters. The number of anilines is 1. The molecule has 2 N–H and O–H groups in total. The number of carbonyl (C=O) groups is 1. The van der Waals surface area contributed by atoms with Crippen LogP contribution in [-0.4, -0.2) is 27.6 Å². The van der Waals surface area contributed by atoms with Crippen molar-refractivity contribution in [3.63, 3.8) is 0 Å². The third kappa shape index (κ3) is 2.14. The van der Waals surface area contributed by atoms with Gasteiger partial charge in [-0.3, -0.25) is 4.79 Å². The van der Waals surface area contributed by atoms with Crippen LogP contribution in [0.25, 0.3) is 11.0 Å². The molecule has 0 saturated heterocycles. The minimum absolute atomic E-state index is 0.395. The molecule has 1 fully saturated rings. The summed E-state index contributed by atoms with van der Waals surface area (Å²) in [5, 5.41) is 0.898. The number of carbonyl (C=O) groups excluding carboxylic acids is 1. The number of fused-ring (bicyclic) bond motifs is 1. The molecular formula is C13H16N4O2. The van der Waals surface area contributed by atoms with Crippen LogP contribution in [0.1, 0.15) is 25.3 Å². The first-order chi connectivity index (χ1) is 9.29. The van der Waals surface area contributed by atoms with Crippen molar-refractivity contribution in [3.8, 4) is 0 Å². The van der Waals surface area contributed by atoms with Gasteiger partial charge in [-0.1, -0.05) is 0 Å². The van der Waals surface area contributed by atoms with E-state index in [2.05, 4.69) is 14.5 Å². The molecule has 2 heterocycles. The minimum atomic E-state index is 0.395. The molecule has 100 valence electrons. The predicted molar refractivity (Wildman–Crippen MR) is 70.3 cm³/mol. The molecule has 1 aliphatic rings. The minimum Gasteiger partial charge on any atom is -0.468 e. The van der Waals surface area contributed by atoms with E-state index in [-0.39, 0.29) is 0 Å². The van der Waals surface area contributed by atoms with Crippen molar-refractivity contribution in [2.24, 2.45) is 5.92 Å². The molecule has 6 nitrogen and oxygen atoms in total. The Bertz CT molecular complexity index is 595. The largest absolute Gasteiger partial charge is 0.468 e. The Balaban J connectivity index is 1.82. The van der Waals surface area contributed by atoms with Crippen molar-refractivity contribution >= 4 is 23.3 Å². The Morgan fingerprint density at radius 2 is 2.37 bits per heavy atom. The van der Waals surface area contributed by atoms with Gasteiger partial charge in [-0.05, 0) is 31.2 Å². The number of hydrogen-bond donors (Lipinski definition) is 1. The summed E-state index contributed by atoms with van der Waals surface area (Å²) in [6.45, 7) is 1.03. The highest BCUT2D eigenvalue weighted by molar-refractivity contribution is 5.86. The summed E-state index contributed by atoms with van der Waals surface area (Å²) >= 11 is 0. The number of nitrogens with zero attached hydrogens (tertiary/aromatic N) is 3. The van der Waals surface area contributed by atoms with Crippen LogP contribution in [-0.2, 0) is 9.53 Å². The Hall–Kier alpha value is -2.11. The lowest BCUT2D eigenvalue weighted by atomic mass is 10.1. The van der Waals surface area contributed by atoms with Gasteiger partial charge in [0.1, 0.15) is 17.8 Å². The number of nitrogens with two attached hydrogens (primary N) is 1. The normalized spacial score (nSPS) is 22.7. The van der Waals surface area contributed by atoms with Crippen LogP contribution in [0.15, 0.2) is 18.6 Å². The molecule has 0 aliphatic heterocycles. The van der Waals surface area contributed by atoms with E-state index in [0.717, 1.165) is 30.3 Å². The molecule has 19 heavy (non-hydrogen) atoms. The summed E-state index contributed by atoms with van der Waals surface area (Å²) in [6.07, 6.45) is 6.65. The molecule has 1 aliphatic carbocycles. The van der Waals surface area contributed by atoms with E-state index < -0.39 is 0 Å². The lowest BCUT2D eigenvalue weighted by Gasteiger charge is -2.13. The fraction of sp³-hybridized carbons (Fsp3) is 0.462. The van der Waals surface area contributed by atoms with Gasteiger partial charge in [0.2, 0.25) is 0 Å². The molecule has 2 unspecified atom stereocenters. The van der Waals surface area contributed by atoms with Gasteiger partial charge >= 0.3 is 0 Å². The molecule has 1 saturated carbocycles. The predicted octanol–water partition coefficient (Wildman–Crippen LogP) is 1.53. The molecule has 0 bridgehead atoms. The quantitative estimate of drug-likeness (QED) is 0.843. The maximum Gasteiger partial charge on any atom is 0.293 e. The van der Waals surface area contributed by atoms with Crippen LogP contribution in [0, 0.1) is 5.92 Å². The average molecular weight is 260 g/mol. The van der Waals surface area contributed by atoms with Gasteiger partial charge in [-0.2, -0.15) is 0 Å². The number of hydrogen-bond acceptors (Lipinski definition) is 5. The van der Waals surface area contributed by atoms with Gasteiger partial charge in [0.05, 0.1) is 12.0 Å². The van der Waals surface area contributed by atoms with Crippen molar-refractivity contribution in [2.75, 3.05) is 12.3 Å². The Morgan fingerprint density at radius 3 is 3.21 bits per heavy atom. The Kier molecular flexibility index (Phi) is 3.06. The third-order valence-corrected chi connectivity index (χ3v) is 3.85. The molecule has 0 aromatic carbocycles. The van der Waals surface area contributed by atoms with Crippen LogP contribution < -0.4 is 5.73 Å². The Labute approximate surface area is 110 Å². The Morgan fingerprint density at radius 1 is 1.47 bits per heavy atom. The highest BCUT2D eigenvalue weighted by Crippen LogP contribution is 2.36. The third-order valence-electron chi connectivity index (χ3n) is 3.85. The maximum absolute atomic E-state index is 10.2. The van der Waals surface area contributed by atoms with Crippen LogP contribution >= 0.6 is 0 Å². The number of ether oxygens (including phenoxy) is 1. The highest BCUT2D eigenvalue weighted by atomic mass is 16.5.